The van der Waals surface area contributed by atoms with E-state index < -0.39 is 0 Å². The first kappa shape index (κ1) is 17.3. The van der Waals surface area contributed by atoms with E-state index in [0.717, 1.165) is 11.3 Å². The molecule has 0 aliphatic rings. The Labute approximate surface area is 160 Å². The molecular weight excluding hydrogens is 356 g/mol. The molecule has 4 aromatic rings. The molecule has 0 saturated carbocycles. The predicted molar refractivity (Wildman–Crippen MR) is 104 cm³/mol. The first-order valence-corrected chi connectivity index (χ1v) is 8.47. The van der Waals surface area contributed by atoms with Crippen molar-refractivity contribution in [1.29, 1.82) is 0 Å². The van der Waals surface area contributed by atoms with Gasteiger partial charge < -0.3 is 10.6 Å². The zero-order valence-corrected chi connectivity index (χ0v) is 14.9. The van der Waals surface area contributed by atoms with Crippen molar-refractivity contribution in [2.24, 2.45) is 7.05 Å². The van der Waals surface area contributed by atoms with Gasteiger partial charge in [-0.2, -0.15) is 4.80 Å². The second-order valence-electron chi connectivity index (χ2n) is 5.92. The van der Waals surface area contributed by atoms with Crippen LogP contribution in [0.4, 0.5) is 17.3 Å². The maximum atomic E-state index is 12.7. The molecule has 28 heavy (non-hydrogen) atoms. The van der Waals surface area contributed by atoms with Crippen LogP contribution in [0.2, 0.25) is 0 Å². The van der Waals surface area contributed by atoms with Crippen LogP contribution in [0.3, 0.4) is 0 Å². The van der Waals surface area contributed by atoms with E-state index in [1.54, 1.807) is 55.8 Å². The molecule has 2 heterocycles. The third kappa shape index (κ3) is 3.98. The Morgan fingerprint density at radius 1 is 0.964 bits per heavy atom. The number of nitrogens with one attached hydrogen (secondary N) is 2. The normalized spacial score (nSPS) is 10.5. The first-order chi connectivity index (χ1) is 13.7. The van der Waals surface area contributed by atoms with Crippen LogP contribution in [-0.4, -0.2) is 36.1 Å². The molecule has 0 spiro atoms. The van der Waals surface area contributed by atoms with Crippen LogP contribution in [0.25, 0.3) is 11.4 Å². The molecule has 4 rings (SSSR count). The minimum Gasteiger partial charge on any atom is -0.324 e. The summed E-state index contributed by atoms with van der Waals surface area (Å²) in [6.45, 7) is 0. The fraction of sp³-hybridized carbons (Fsp3) is 0.0526. The van der Waals surface area contributed by atoms with Crippen LogP contribution in [0, 0.1) is 0 Å². The molecule has 0 atom stereocenters. The molecule has 0 unspecified atom stereocenters. The Morgan fingerprint density at radius 3 is 2.54 bits per heavy atom. The van der Waals surface area contributed by atoms with Gasteiger partial charge in [-0.05, 0) is 41.6 Å². The maximum absolute atomic E-state index is 12.7. The summed E-state index contributed by atoms with van der Waals surface area (Å²) >= 11 is 0. The van der Waals surface area contributed by atoms with E-state index in [9.17, 15) is 4.79 Å². The number of anilines is 3. The van der Waals surface area contributed by atoms with Crippen molar-refractivity contribution in [3.63, 3.8) is 0 Å². The van der Waals surface area contributed by atoms with Crippen molar-refractivity contribution in [1.82, 2.24) is 30.2 Å². The van der Waals surface area contributed by atoms with Gasteiger partial charge in [-0.1, -0.05) is 18.2 Å². The van der Waals surface area contributed by atoms with Gasteiger partial charge in [-0.25, -0.2) is 9.97 Å². The van der Waals surface area contributed by atoms with Crippen LogP contribution in [0.15, 0.2) is 67.0 Å². The second kappa shape index (κ2) is 7.62. The Morgan fingerprint density at radius 2 is 1.75 bits per heavy atom. The van der Waals surface area contributed by atoms with Gasteiger partial charge >= 0.3 is 0 Å². The maximum Gasteiger partial charge on any atom is 0.255 e. The van der Waals surface area contributed by atoms with Crippen LogP contribution in [0.1, 0.15) is 10.4 Å². The summed E-state index contributed by atoms with van der Waals surface area (Å²) < 4.78 is 0. The topological polar surface area (TPSA) is 111 Å². The molecule has 2 N–H and O–H groups in total. The van der Waals surface area contributed by atoms with Crippen molar-refractivity contribution in [3.8, 4) is 11.4 Å². The number of aryl methyl sites for hydroxylation is 1. The van der Waals surface area contributed by atoms with Crippen molar-refractivity contribution in [3.05, 3.63) is 72.6 Å². The molecule has 2 aromatic carbocycles. The molecule has 2 aromatic heterocycles. The van der Waals surface area contributed by atoms with Gasteiger partial charge in [-0.3, -0.25) is 4.79 Å². The number of hydrogen-bond acceptors (Lipinski definition) is 7. The van der Waals surface area contributed by atoms with Crippen LogP contribution in [-0.2, 0) is 7.05 Å². The van der Waals surface area contributed by atoms with E-state index in [2.05, 4.69) is 36.0 Å². The molecule has 0 saturated heterocycles. The van der Waals surface area contributed by atoms with Gasteiger partial charge in [0.2, 0.25) is 11.8 Å². The molecule has 0 aliphatic carbocycles. The summed E-state index contributed by atoms with van der Waals surface area (Å²) in [5, 5.41) is 17.9. The van der Waals surface area contributed by atoms with Crippen LogP contribution in [0.5, 0.6) is 0 Å². The monoisotopic (exact) mass is 372 g/mol. The largest absolute Gasteiger partial charge is 0.324 e. The molecule has 138 valence electrons. The van der Waals surface area contributed by atoms with E-state index in [0.29, 0.717) is 23.0 Å². The number of amides is 1. The summed E-state index contributed by atoms with van der Waals surface area (Å²) in [7, 11) is 1.70. The van der Waals surface area contributed by atoms with Gasteiger partial charge in [-0.15, -0.1) is 10.2 Å². The molecular formula is C19H16N8O. The van der Waals surface area contributed by atoms with E-state index in [1.165, 1.54) is 4.80 Å². The Kier molecular flexibility index (Phi) is 4.70. The molecule has 0 radical (unpaired) electrons. The molecule has 1 amide bonds. The number of rotatable bonds is 5. The lowest BCUT2D eigenvalue weighted by atomic mass is 10.1. The SMILES string of the molecule is Cn1nnc(-c2cccc(NC(=O)c3cccc(Nc4ncccn4)c3)c2)n1. The molecule has 9 heteroatoms. The predicted octanol–water partition coefficient (Wildman–Crippen LogP) is 2.66. The summed E-state index contributed by atoms with van der Waals surface area (Å²) in [5.41, 5.74) is 2.63. The summed E-state index contributed by atoms with van der Waals surface area (Å²) in [4.78, 5) is 22.3. The van der Waals surface area contributed by atoms with Crippen molar-refractivity contribution in [2.75, 3.05) is 10.6 Å². The first-order valence-electron chi connectivity index (χ1n) is 8.47. The van der Waals surface area contributed by atoms with Gasteiger partial charge in [0.15, 0.2) is 0 Å². The minimum absolute atomic E-state index is 0.234. The minimum atomic E-state index is -0.234. The molecule has 0 bridgehead atoms. The lowest BCUT2D eigenvalue weighted by Gasteiger charge is -2.09. The van der Waals surface area contributed by atoms with Crippen molar-refractivity contribution < 1.29 is 4.79 Å². The number of hydrogen-bond donors (Lipinski definition) is 2. The fourth-order valence-corrected chi connectivity index (χ4v) is 2.57. The number of carbonyl (C=O) groups is 1. The van der Waals surface area contributed by atoms with Crippen molar-refractivity contribution in [2.45, 2.75) is 0 Å². The van der Waals surface area contributed by atoms with Gasteiger partial charge in [0.1, 0.15) is 0 Å². The highest BCUT2D eigenvalue weighted by molar-refractivity contribution is 6.05. The van der Waals surface area contributed by atoms with E-state index in [1.807, 2.05) is 18.2 Å². The average molecular weight is 372 g/mol. The highest BCUT2D eigenvalue weighted by Gasteiger charge is 2.10. The number of carbonyl (C=O) groups excluding carboxylic acids is 1. The number of aromatic nitrogens is 6. The third-order valence-corrected chi connectivity index (χ3v) is 3.83. The molecule has 9 nitrogen and oxygen atoms in total. The molecule has 0 aliphatic heterocycles. The van der Waals surface area contributed by atoms with E-state index >= 15 is 0 Å². The zero-order valence-electron chi connectivity index (χ0n) is 14.9. The Bertz CT molecular complexity index is 1110. The highest BCUT2D eigenvalue weighted by atomic mass is 16.1. The van der Waals surface area contributed by atoms with Gasteiger partial charge in [0.25, 0.3) is 5.91 Å². The zero-order chi connectivity index (χ0) is 19.3. The van der Waals surface area contributed by atoms with Gasteiger partial charge in [0.05, 0.1) is 7.05 Å². The average Bonchev–Trinajstić information content (AvgIpc) is 3.16. The standard InChI is InChI=1S/C19H16N8O/c1-27-25-17(24-26-27)13-5-2-7-15(11-13)22-18(28)14-6-3-8-16(12-14)23-19-20-9-4-10-21-19/h2-12H,1H3,(H,22,28)(H,20,21,23). The summed E-state index contributed by atoms with van der Waals surface area (Å²) in [6, 6.07) is 16.1. The van der Waals surface area contributed by atoms with E-state index in [4.69, 9.17) is 0 Å². The Hall–Kier alpha value is -4.14. The summed E-state index contributed by atoms with van der Waals surface area (Å²) in [5.74, 6) is 0.721. The van der Waals surface area contributed by atoms with Crippen LogP contribution >= 0.6 is 0 Å². The number of tetrazole rings is 1. The van der Waals surface area contributed by atoms with E-state index in [-0.39, 0.29) is 5.91 Å². The lowest BCUT2D eigenvalue weighted by Crippen LogP contribution is -2.12. The lowest BCUT2D eigenvalue weighted by molar-refractivity contribution is 0.102. The van der Waals surface area contributed by atoms with Crippen LogP contribution < -0.4 is 10.6 Å². The summed E-state index contributed by atoms with van der Waals surface area (Å²) in [6.07, 6.45) is 3.29. The second-order valence-corrected chi connectivity index (χ2v) is 5.92. The van der Waals surface area contributed by atoms with Gasteiger partial charge in [0, 0.05) is 34.9 Å². The molecule has 0 fully saturated rings. The number of benzene rings is 2. The number of nitrogens with zero attached hydrogens (tertiary/aromatic N) is 6. The van der Waals surface area contributed by atoms with Crippen molar-refractivity contribution >= 4 is 23.2 Å². The smallest absolute Gasteiger partial charge is 0.255 e. The third-order valence-electron chi connectivity index (χ3n) is 3.83. The Balaban J connectivity index is 1.50. The quantitative estimate of drug-likeness (QED) is 0.554. The highest BCUT2D eigenvalue weighted by Crippen LogP contribution is 2.20. The fourth-order valence-electron chi connectivity index (χ4n) is 2.57.